The number of fused-ring (bicyclic) bond motifs is 3. The maximum absolute atomic E-state index is 11.8. The van der Waals surface area contributed by atoms with Crippen LogP contribution in [0.2, 0.25) is 0 Å². The molecule has 0 fully saturated rings. The number of thioether (sulfide) groups is 1. The smallest absolute Gasteiger partial charge is 0.341 e. The summed E-state index contributed by atoms with van der Waals surface area (Å²) in [7, 11) is 1.35. The van der Waals surface area contributed by atoms with Crippen LogP contribution >= 0.6 is 11.8 Å². The number of furan rings is 1. The van der Waals surface area contributed by atoms with Crippen molar-refractivity contribution in [2.45, 2.75) is 17.8 Å². The summed E-state index contributed by atoms with van der Waals surface area (Å²) < 4.78 is 12.2. The Balaban J connectivity index is 1.73. The van der Waals surface area contributed by atoms with Gasteiger partial charge in [0, 0.05) is 5.39 Å². The molecule has 3 aromatic heterocycles. The fourth-order valence-corrected chi connectivity index (χ4v) is 3.75. The molecule has 0 bridgehead atoms. The average Bonchev–Trinajstić information content (AvgIpc) is 3.26. The van der Waals surface area contributed by atoms with Crippen molar-refractivity contribution in [2.24, 2.45) is 0 Å². The highest BCUT2D eigenvalue weighted by molar-refractivity contribution is 7.98. The van der Waals surface area contributed by atoms with E-state index in [2.05, 4.69) is 29.3 Å². The first kappa shape index (κ1) is 15.7. The van der Waals surface area contributed by atoms with E-state index < -0.39 is 5.97 Å². The van der Waals surface area contributed by atoms with Gasteiger partial charge in [0.25, 0.3) is 0 Å². The summed E-state index contributed by atoms with van der Waals surface area (Å²) in [6.07, 6.45) is 1.49. The van der Waals surface area contributed by atoms with E-state index in [-0.39, 0.29) is 0 Å². The third kappa shape index (κ3) is 2.66. The van der Waals surface area contributed by atoms with Gasteiger partial charge in [0.1, 0.15) is 11.3 Å². The van der Waals surface area contributed by atoms with Gasteiger partial charge in [-0.05, 0) is 30.7 Å². The highest BCUT2D eigenvalue weighted by Gasteiger charge is 2.17. The molecule has 0 spiro atoms. The molecule has 0 aliphatic carbocycles. The van der Waals surface area contributed by atoms with Crippen molar-refractivity contribution in [2.75, 3.05) is 7.11 Å². The Morgan fingerprint density at radius 3 is 2.96 bits per heavy atom. The van der Waals surface area contributed by atoms with Crippen molar-refractivity contribution >= 4 is 34.3 Å². The number of pyridine rings is 1. The van der Waals surface area contributed by atoms with Gasteiger partial charge in [-0.15, -0.1) is 10.2 Å². The van der Waals surface area contributed by atoms with Crippen molar-refractivity contribution in [3.63, 3.8) is 0 Å². The second kappa shape index (κ2) is 6.25. The lowest BCUT2D eigenvalue weighted by molar-refractivity contribution is 0.0598. The van der Waals surface area contributed by atoms with Gasteiger partial charge in [0.05, 0.1) is 24.6 Å². The summed E-state index contributed by atoms with van der Waals surface area (Å²) in [5.41, 5.74) is 3.44. The third-order valence-electron chi connectivity index (χ3n) is 4.06. The van der Waals surface area contributed by atoms with Gasteiger partial charge >= 0.3 is 5.97 Å². The van der Waals surface area contributed by atoms with Gasteiger partial charge in [-0.3, -0.25) is 4.40 Å². The summed E-state index contributed by atoms with van der Waals surface area (Å²) >= 11 is 1.46. The lowest BCUT2D eigenvalue weighted by atomic mass is 10.1. The zero-order valence-corrected chi connectivity index (χ0v) is 14.5. The van der Waals surface area contributed by atoms with Crippen LogP contribution in [0.3, 0.4) is 0 Å². The van der Waals surface area contributed by atoms with Gasteiger partial charge in [0.2, 0.25) is 0 Å². The van der Waals surface area contributed by atoms with Crippen LogP contribution in [0.4, 0.5) is 0 Å². The molecular weight excluding hydrogens is 338 g/mol. The molecule has 6 nitrogen and oxygen atoms in total. The van der Waals surface area contributed by atoms with Gasteiger partial charge in [-0.25, -0.2) is 4.79 Å². The minimum absolute atomic E-state index is 0.406. The Kier molecular flexibility index (Phi) is 3.93. The van der Waals surface area contributed by atoms with Crippen LogP contribution in [-0.4, -0.2) is 27.7 Å². The number of aromatic nitrogens is 3. The molecule has 0 aliphatic rings. The van der Waals surface area contributed by atoms with E-state index in [1.165, 1.54) is 25.1 Å². The topological polar surface area (TPSA) is 69.6 Å². The van der Waals surface area contributed by atoms with Gasteiger partial charge in [-0.1, -0.05) is 30.0 Å². The molecule has 0 saturated heterocycles. The van der Waals surface area contributed by atoms with Gasteiger partial charge in [0.15, 0.2) is 10.8 Å². The van der Waals surface area contributed by atoms with Crippen molar-refractivity contribution in [1.82, 2.24) is 14.6 Å². The van der Waals surface area contributed by atoms with Crippen molar-refractivity contribution in [3.8, 4) is 0 Å². The maximum Gasteiger partial charge on any atom is 0.341 e. The number of aryl methyl sites for hydroxylation is 1. The van der Waals surface area contributed by atoms with Crippen molar-refractivity contribution in [3.05, 3.63) is 59.5 Å². The molecule has 0 saturated carbocycles. The van der Waals surface area contributed by atoms with E-state index in [4.69, 9.17) is 9.15 Å². The number of hydrogen-bond acceptors (Lipinski definition) is 6. The molecule has 1 aromatic carbocycles. The molecule has 3 heterocycles. The van der Waals surface area contributed by atoms with Crippen LogP contribution < -0.4 is 0 Å². The van der Waals surface area contributed by atoms with Crippen LogP contribution in [0.25, 0.3) is 16.6 Å². The van der Waals surface area contributed by atoms with E-state index in [1.807, 2.05) is 22.6 Å². The minimum atomic E-state index is -0.406. The van der Waals surface area contributed by atoms with Crippen LogP contribution in [0.15, 0.2) is 52.2 Å². The predicted octanol–water partition coefficient (Wildman–Crippen LogP) is 3.86. The quantitative estimate of drug-likeness (QED) is 0.410. The predicted molar refractivity (Wildman–Crippen MR) is 94.8 cm³/mol. The Morgan fingerprint density at radius 2 is 2.12 bits per heavy atom. The first-order valence-electron chi connectivity index (χ1n) is 7.70. The van der Waals surface area contributed by atoms with Crippen LogP contribution in [-0.2, 0) is 10.5 Å². The molecule has 4 aromatic rings. The SMILES string of the molecule is COC(=O)c1ccoc1CSc1nnc2cc(C)c3ccccc3n12. The Bertz CT molecular complexity index is 1080. The van der Waals surface area contributed by atoms with Crippen molar-refractivity contribution < 1.29 is 13.9 Å². The highest BCUT2D eigenvalue weighted by Crippen LogP contribution is 2.28. The lowest BCUT2D eigenvalue weighted by Gasteiger charge is -2.07. The zero-order valence-electron chi connectivity index (χ0n) is 13.7. The summed E-state index contributed by atoms with van der Waals surface area (Å²) in [5, 5.41) is 10.5. The number of carbonyl (C=O) groups is 1. The van der Waals surface area contributed by atoms with E-state index in [0.717, 1.165) is 27.3 Å². The standard InChI is InChI=1S/C18H15N3O3S/c1-11-9-16-19-20-18(21(16)14-6-4-3-5-12(11)14)25-10-15-13(7-8-24-15)17(22)23-2/h3-9H,10H2,1-2H3. The Morgan fingerprint density at radius 1 is 1.28 bits per heavy atom. The van der Waals surface area contributed by atoms with Gasteiger partial charge in [-0.2, -0.15) is 0 Å². The number of ether oxygens (including phenoxy) is 1. The number of hydrogen-bond donors (Lipinski definition) is 0. The maximum atomic E-state index is 11.8. The summed E-state index contributed by atoms with van der Waals surface area (Å²) in [6.45, 7) is 2.06. The number of nitrogens with zero attached hydrogens (tertiary/aromatic N) is 3. The fourth-order valence-electron chi connectivity index (χ4n) is 2.84. The van der Waals surface area contributed by atoms with E-state index >= 15 is 0 Å². The second-order valence-electron chi connectivity index (χ2n) is 5.56. The Hall–Kier alpha value is -2.80. The van der Waals surface area contributed by atoms with E-state index in [1.54, 1.807) is 6.07 Å². The average molecular weight is 353 g/mol. The molecule has 25 heavy (non-hydrogen) atoms. The normalized spacial score (nSPS) is 11.3. The molecule has 0 unspecified atom stereocenters. The van der Waals surface area contributed by atoms with Gasteiger partial charge < -0.3 is 9.15 Å². The minimum Gasteiger partial charge on any atom is -0.468 e. The van der Waals surface area contributed by atoms with Crippen molar-refractivity contribution in [1.29, 1.82) is 0 Å². The number of para-hydroxylation sites is 1. The highest BCUT2D eigenvalue weighted by atomic mass is 32.2. The van der Waals surface area contributed by atoms with Crippen LogP contribution in [0.5, 0.6) is 0 Å². The number of methoxy groups -OCH3 is 1. The summed E-state index contributed by atoms with van der Waals surface area (Å²) in [6, 6.07) is 11.8. The largest absolute Gasteiger partial charge is 0.468 e. The molecule has 4 rings (SSSR count). The molecule has 0 atom stereocenters. The van der Waals surface area contributed by atoms with Crippen LogP contribution in [0, 0.1) is 6.92 Å². The summed E-state index contributed by atoms with van der Waals surface area (Å²) in [4.78, 5) is 11.8. The van der Waals surface area contributed by atoms with E-state index in [9.17, 15) is 4.79 Å². The number of carbonyl (C=O) groups excluding carboxylic acids is 1. The molecule has 7 heteroatoms. The summed E-state index contributed by atoms with van der Waals surface area (Å²) in [5.74, 6) is 0.613. The first-order chi connectivity index (χ1) is 12.2. The second-order valence-corrected chi connectivity index (χ2v) is 6.50. The first-order valence-corrected chi connectivity index (χ1v) is 8.68. The zero-order chi connectivity index (χ0) is 17.4. The Labute approximate surface area is 147 Å². The molecule has 0 N–H and O–H groups in total. The number of esters is 1. The fraction of sp³-hybridized carbons (Fsp3) is 0.167. The molecule has 0 amide bonds. The van der Waals surface area contributed by atoms with E-state index in [0.29, 0.717) is 17.1 Å². The monoisotopic (exact) mass is 353 g/mol. The van der Waals surface area contributed by atoms with Crippen LogP contribution in [0.1, 0.15) is 21.7 Å². The molecule has 126 valence electrons. The number of rotatable bonds is 4. The molecule has 0 aliphatic heterocycles. The lowest BCUT2D eigenvalue weighted by Crippen LogP contribution is -2.02. The number of benzene rings is 1. The molecule has 0 radical (unpaired) electrons. The molecular formula is C18H15N3O3S. The third-order valence-corrected chi connectivity index (χ3v) is 4.99.